The van der Waals surface area contributed by atoms with Crippen LogP contribution in [0.5, 0.6) is 5.75 Å². The molecule has 0 N–H and O–H groups in total. The lowest BCUT2D eigenvalue weighted by molar-refractivity contribution is 0.415. The van der Waals surface area contributed by atoms with Gasteiger partial charge in [0, 0.05) is 19.4 Å². The molecule has 0 fully saturated rings. The first kappa shape index (κ1) is 29.9. The largest absolute Gasteiger partial charge is 0.497 e. The molecule has 1 aromatic heterocycles. The Morgan fingerprint density at radius 3 is 1.23 bits per heavy atom. The molecule has 0 atom stereocenters. The van der Waals surface area contributed by atoms with Gasteiger partial charge in [0.1, 0.15) is 5.75 Å². The number of imidazole rings is 1. The number of para-hydroxylation sites is 1. The molecule has 168 valence electrons. The van der Waals surface area contributed by atoms with Crippen molar-refractivity contribution in [2.45, 2.75) is 34.6 Å². The molecular weight excluding hydrogens is 380 g/mol. The molecule has 0 bridgehead atoms. The molecule has 0 unspecified atom stereocenters. The van der Waals surface area contributed by atoms with Crippen LogP contribution in [0.3, 0.4) is 0 Å². The summed E-state index contributed by atoms with van der Waals surface area (Å²) in [6.07, 6.45) is 5.39. The molecule has 0 aliphatic carbocycles. The number of aryl methyl sites for hydroxylation is 2. The normalized spacial score (nSPS) is 7.84. The summed E-state index contributed by atoms with van der Waals surface area (Å²) in [5.41, 5.74) is 1.32. The molecule has 3 nitrogen and oxygen atoms in total. The lowest BCUT2D eigenvalue weighted by Crippen LogP contribution is -1.78. The van der Waals surface area contributed by atoms with Gasteiger partial charge in [0.05, 0.1) is 13.4 Å². The summed E-state index contributed by atoms with van der Waals surface area (Å²) in [4.78, 5) is 3.78. The Kier molecular flexibility index (Phi) is 23.8. The van der Waals surface area contributed by atoms with Gasteiger partial charge in [0.15, 0.2) is 0 Å². The lowest BCUT2D eigenvalue weighted by atomic mass is 10.2. The first-order valence-corrected chi connectivity index (χ1v) is 10.7. The average molecular weight is 421 g/mol. The second-order valence-corrected chi connectivity index (χ2v) is 5.55. The molecule has 1 heterocycles. The van der Waals surface area contributed by atoms with Gasteiger partial charge in [0.25, 0.3) is 0 Å². The van der Waals surface area contributed by atoms with Crippen LogP contribution in [-0.4, -0.2) is 16.7 Å². The van der Waals surface area contributed by atoms with Crippen LogP contribution in [-0.2, 0) is 7.05 Å². The van der Waals surface area contributed by atoms with E-state index in [0.717, 1.165) is 5.75 Å². The number of rotatable bonds is 1. The predicted molar refractivity (Wildman–Crippen MR) is 137 cm³/mol. The van der Waals surface area contributed by atoms with E-state index in [1.165, 1.54) is 5.56 Å². The van der Waals surface area contributed by atoms with Gasteiger partial charge in [-0.15, -0.1) is 0 Å². The van der Waals surface area contributed by atoms with Crippen LogP contribution in [0, 0.1) is 6.92 Å². The van der Waals surface area contributed by atoms with E-state index in [9.17, 15) is 0 Å². The number of nitrogens with zero attached hydrogens (tertiary/aromatic N) is 2. The minimum absolute atomic E-state index is 0.910. The van der Waals surface area contributed by atoms with E-state index in [4.69, 9.17) is 4.74 Å². The average Bonchev–Trinajstić information content (AvgIpc) is 3.36. The fraction of sp³-hybridized carbons (Fsp3) is 0.250. The van der Waals surface area contributed by atoms with Gasteiger partial charge in [-0.25, -0.2) is 4.98 Å². The highest BCUT2D eigenvalue weighted by Gasteiger charge is 1.80. The first-order valence-electron chi connectivity index (χ1n) is 10.7. The molecule has 0 radical (unpaired) electrons. The summed E-state index contributed by atoms with van der Waals surface area (Å²) in [6, 6.07) is 31.9. The standard InChI is InChI=1S/C7H8O.C7H8.C6H6.C4H6N2.2C2H6/c1-8-7-5-3-2-4-6-7;1-7-5-3-2-4-6-7;1-2-4-6-5-3-1;1-6-3-2-5-4-6;2*1-2/h2-6H,1H3;2-6H,1H3;1-6H;2-4H,1H3;2*1-2H3. The summed E-state index contributed by atoms with van der Waals surface area (Å²) in [5, 5.41) is 0. The van der Waals surface area contributed by atoms with Crippen molar-refractivity contribution in [1.82, 2.24) is 9.55 Å². The number of methoxy groups -OCH3 is 1. The molecule has 0 aliphatic rings. The topological polar surface area (TPSA) is 27.1 Å². The summed E-state index contributed by atoms with van der Waals surface area (Å²) >= 11 is 0. The second kappa shape index (κ2) is 24.7. The van der Waals surface area contributed by atoms with Crippen molar-refractivity contribution in [3.8, 4) is 5.75 Å². The third-order valence-corrected chi connectivity index (χ3v) is 3.22. The minimum Gasteiger partial charge on any atom is -0.497 e. The Bertz CT molecular complexity index is 744. The minimum atomic E-state index is 0.910. The van der Waals surface area contributed by atoms with Crippen LogP contribution in [0.25, 0.3) is 0 Å². The fourth-order valence-electron chi connectivity index (χ4n) is 1.80. The van der Waals surface area contributed by atoms with Crippen molar-refractivity contribution < 1.29 is 4.74 Å². The molecule has 0 spiro atoms. The highest BCUT2D eigenvalue weighted by Crippen LogP contribution is 2.05. The third-order valence-electron chi connectivity index (χ3n) is 3.22. The summed E-state index contributed by atoms with van der Waals surface area (Å²) in [7, 11) is 3.60. The third kappa shape index (κ3) is 21.2. The van der Waals surface area contributed by atoms with Gasteiger partial charge < -0.3 is 9.30 Å². The maximum absolute atomic E-state index is 4.91. The quantitative estimate of drug-likeness (QED) is 0.313. The van der Waals surface area contributed by atoms with Crippen molar-refractivity contribution in [3.63, 3.8) is 0 Å². The maximum atomic E-state index is 4.91. The van der Waals surface area contributed by atoms with Crippen molar-refractivity contribution in [2.75, 3.05) is 7.11 Å². The number of benzene rings is 3. The van der Waals surface area contributed by atoms with E-state index < -0.39 is 0 Å². The van der Waals surface area contributed by atoms with Gasteiger partial charge in [0.2, 0.25) is 0 Å². The van der Waals surface area contributed by atoms with Crippen LogP contribution >= 0.6 is 0 Å². The number of aromatic nitrogens is 2. The Hall–Kier alpha value is -3.33. The van der Waals surface area contributed by atoms with E-state index in [-0.39, 0.29) is 0 Å². The summed E-state index contributed by atoms with van der Waals surface area (Å²) in [5.74, 6) is 0.910. The monoisotopic (exact) mass is 420 g/mol. The van der Waals surface area contributed by atoms with Crippen molar-refractivity contribution in [2.24, 2.45) is 7.05 Å². The molecule has 3 aromatic carbocycles. The number of ether oxygens (including phenoxy) is 1. The van der Waals surface area contributed by atoms with Crippen LogP contribution in [0.1, 0.15) is 33.3 Å². The van der Waals surface area contributed by atoms with Gasteiger partial charge >= 0.3 is 0 Å². The molecule has 0 aliphatic heterocycles. The fourth-order valence-corrected chi connectivity index (χ4v) is 1.80. The lowest BCUT2D eigenvalue weighted by Gasteiger charge is -1.93. The smallest absolute Gasteiger partial charge is 0.118 e. The van der Waals surface area contributed by atoms with Crippen LogP contribution < -0.4 is 4.74 Å². The summed E-state index contributed by atoms with van der Waals surface area (Å²) in [6.45, 7) is 10.1. The van der Waals surface area contributed by atoms with E-state index in [2.05, 4.69) is 24.0 Å². The van der Waals surface area contributed by atoms with Gasteiger partial charge in [-0.3, -0.25) is 0 Å². The van der Waals surface area contributed by atoms with Crippen molar-refractivity contribution in [3.05, 3.63) is 121 Å². The van der Waals surface area contributed by atoms with Crippen LogP contribution in [0.4, 0.5) is 0 Å². The molecular formula is C28H40N2O. The van der Waals surface area contributed by atoms with E-state index >= 15 is 0 Å². The zero-order valence-corrected chi connectivity index (χ0v) is 20.3. The van der Waals surface area contributed by atoms with Gasteiger partial charge in [-0.1, -0.05) is 118 Å². The van der Waals surface area contributed by atoms with Gasteiger partial charge in [-0.05, 0) is 19.1 Å². The molecule has 0 amide bonds. The zero-order chi connectivity index (χ0) is 23.6. The Labute approximate surface area is 190 Å². The zero-order valence-electron chi connectivity index (χ0n) is 20.3. The second-order valence-electron chi connectivity index (χ2n) is 5.55. The molecule has 3 heteroatoms. The summed E-state index contributed by atoms with van der Waals surface area (Å²) < 4.78 is 6.80. The predicted octanol–water partition coefficient (Wildman–Crippen LogP) is 7.85. The molecule has 0 saturated carbocycles. The Morgan fingerprint density at radius 2 is 1.03 bits per heavy atom. The molecule has 4 aromatic rings. The maximum Gasteiger partial charge on any atom is 0.118 e. The van der Waals surface area contributed by atoms with Crippen molar-refractivity contribution >= 4 is 0 Å². The Morgan fingerprint density at radius 1 is 0.645 bits per heavy atom. The SMILES string of the molecule is CC.CC.COc1ccccc1.Cc1ccccc1.Cn1ccnc1.c1ccccc1. The van der Waals surface area contributed by atoms with Crippen LogP contribution in [0.15, 0.2) is 116 Å². The highest BCUT2D eigenvalue weighted by atomic mass is 16.5. The van der Waals surface area contributed by atoms with E-state index in [1.54, 1.807) is 19.6 Å². The van der Waals surface area contributed by atoms with Crippen molar-refractivity contribution in [1.29, 1.82) is 0 Å². The van der Waals surface area contributed by atoms with Crippen LogP contribution in [0.2, 0.25) is 0 Å². The molecule has 4 rings (SSSR count). The van der Waals surface area contributed by atoms with Gasteiger partial charge in [-0.2, -0.15) is 0 Å². The highest BCUT2D eigenvalue weighted by molar-refractivity contribution is 5.20. The Balaban J connectivity index is 0. The molecule has 31 heavy (non-hydrogen) atoms. The number of hydrogen-bond acceptors (Lipinski definition) is 2. The first-order chi connectivity index (χ1) is 15.2. The van der Waals surface area contributed by atoms with E-state index in [1.807, 2.05) is 130 Å². The number of hydrogen-bond donors (Lipinski definition) is 0. The van der Waals surface area contributed by atoms with E-state index in [0.29, 0.717) is 0 Å². The molecule has 0 saturated heterocycles.